The molecule has 0 aliphatic carbocycles. The van der Waals surface area contributed by atoms with Gasteiger partial charge in [0.05, 0.1) is 22.7 Å². The third-order valence-corrected chi connectivity index (χ3v) is 6.44. The zero-order chi connectivity index (χ0) is 17.1. The Kier molecular flexibility index (Phi) is 5.23. The first-order valence-corrected chi connectivity index (χ1v) is 9.44. The lowest BCUT2D eigenvalue weighted by molar-refractivity contribution is 0.353. The highest BCUT2D eigenvalue weighted by Crippen LogP contribution is 2.23. The summed E-state index contributed by atoms with van der Waals surface area (Å²) >= 11 is 0. The van der Waals surface area contributed by atoms with Crippen LogP contribution < -0.4 is 5.32 Å². The number of hydrogen-bond donors (Lipinski definition) is 1. The zero-order valence-electron chi connectivity index (χ0n) is 14.2. The summed E-state index contributed by atoms with van der Waals surface area (Å²) in [6.07, 6.45) is 1.72. The van der Waals surface area contributed by atoms with Crippen molar-refractivity contribution in [2.45, 2.75) is 39.0 Å². The fraction of sp³-hybridized carbons (Fsp3) is 0.667. The van der Waals surface area contributed by atoms with Gasteiger partial charge in [-0.25, -0.2) is 23.4 Å². The van der Waals surface area contributed by atoms with Crippen LogP contribution >= 0.6 is 0 Å². The predicted octanol–water partition coefficient (Wildman–Crippen LogP) is 0.760. The van der Waals surface area contributed by atoms with E-state index in [1.807, 2.05) is 24.8 Å². The molecule has 1 aromatic heterocycles. The Morgan fingerprint density at radius 3 is 2.83 bits per heavy atom. The molecule has 1 saturated heterocycles. The molecule has 1 N–H and O–H groups in total. The van der Waals surface area contributed by atoms with Crippen LogP contribution in [0, 0.1) is 6.92 Å². The summed E-state index contributed by atoms with van der Waals surface area (Å²) in [7, 11) is -3.06. The summed E-state index contributed by atoms with van der Waals surface area (Å²) in [5.41, 5.74) is 0.844. The number of sulfone groups is 1. The number of nitrogens with zero attached hydrogens (tertiary/aromatic N) is 4. The second kappa shape index (κ2) is 6.82. The quantitative estimate of drug-likeness (QED) is 0.646. The molecule has 0 atom stereocenters. The summed E-state index contributed by atoms with van der Waals surface area (Å²) in [5.74, 6) is 1.59. The van der Waals surface area contributed by atoms with Crippen molar-refractivity contribution in [2.75, 3.05) is 25.4 Å². The number of nitrogens with one attached hydrogen (secondary N) is 1. The van der Waals surface area contributed by atoms with Crippen LogP contribution in [0.25, 0.3) is 0 Å². The SMILES string of the molecule is CCNC(=NCc1ccnc(C)n1)N1CCS(=O)(=O)C(C)(C)C1. The number of rotatable bonds is 3. The van der Waals surface area contributed by atoms with Gasteiger partial charge < -0.3 is 10.2 Å². The van der Waals surface area contributed by atoms with Crippen molar-refractivity contribution in [3.63, 3.8) is 0 Å². The van der Waals surface area contributed by atoms with Crippen molar-refractivity contribution in [1.29, 1.82) is 0 Å². The Bertz CT molecular complexity index is 685. The monoisotopic (exact) mass is 339 g/mol. The largest absolute Gasteiger partial charge is 0.357 e. The fourth-order valence-corrected chi connectivity index (χ4v) is 3.87. The van der Waals surface area contributed by atoms with E-state index in [0.717, 1.165) is 18.2 Å². The van der Waals surface area contributed by atoms with Gasteiger partial charge in [0.1, 0.15) is 5.82 Å². The molecule has 23 heavy (non-hydrogen) atoms. The minimum absolute atomic E-state index is 0.150. The second-order valence-corrected chi connectivity index (χ2v) is 9.01. The molecule has 0 unspecified atom stereocenters. The lowest BCUT2D eigenvalue weighted by atomic mass is 10.2. The van der Waals surface area contributed by atoms with Crippen LogP contribution in [0.5, 0.6) is 0 Å². The third kappa shape index (κ3) is 4.19. The van der Waals surface area contributed by atoms with Crippen LogP contribution in [0.15, 0.2) is 17.3 Å². The first-order chi connectivity index (χ1) is 10.7. The van der Waals surface area contributed by atoms with Crippen molar-refractivity contribution in [2.24, 2.45) is 4.99 Å². The van der Waals surface area contributed by atoms with Crippen molar-refractivity contribution in [3.8, 4) is 0 Å². The molecule has 1 fully saturated rings. The Morgan fingerprint density at radius 1 is 1.48 bits per heavy atom. The summed E-state index contributed by atoms with van der Waals surface area (Å²) in [5, 5.41) is 3.24. The average molecular weight is 339 g/mol. The lowest BCUT2D eigenvalue weighted by Crippen LogP contribution is -2.57. The van der Waals surface area contributed by atoms with Crippen molar-refractivity contribution >= 4 is 15.8 Å². The molecule has 1 aliphatic heterocycles. The molecule has 0 bridgehead atoms. The van der Waals surface area contributed by atoms with Crippen LogP contribution in [0.3, 0.4) is 0 Å². The van der Waals surface area contributed by atoms with Crippen LogP contribution in [-0.4, -0.2) is 59.4 Å². The van der Waals surface area contributed by atoms with Gasteiger partial charge in [-0.3, -0.25) is 0 Å². The summed E-state index contributed by atoms with van der Waals surface area (Å²) < 4.78 is 23.5. The molecular formula is C15H25N5O2S. The highest BCUT2D eigenvalue weighted by atomic mass is 32.2. The first kappa shape index (κ1) is 17.7. The molecule has 2 rings (SSSR count). The number of aromatic nitrogens is 2. The molecule has 0 amide bonds. The van der Waals surface area contributed by atoms with E-state index in [4.69, 9.17) is 0 Å². The van der Waals surface area contributed by atoms with Gasteiger partial charge in [0.15, 0.2) is 15.8 Å². The van der Waals surface area contributed by atoms with E-state index in [0.29, 0.717) is 25.5 Å². The average Bonchev–Trinajstić information content (AvgIpc) is 2.46. The molecule has 128 valence electrons. The van der Waals surface area contributed by atoms with Gasteiger partial charge in [-0.05, 0) is 33.8 Å². The number of guanidine groups is 1. The lowest BCUT2D eigenvalue weighted by Gasteiger charge is -2.39. The molecule has 1 aliphatic rings. The molecule has 8 heteroatoms. The van der Waals surface area contributed by atoms with Gasteiger partial charge in [-0.1, -0.05) is 0 Å². The van der Waals surface area contributed by atoms with Crippen LogP contribution in [0.4, 0.5) is 0 Å². The third-order valence-electron chi connectivity index (χ3n) is 3.90. The zero-order valence-corrected chi connectivity index (χ0v) is 15.0. The van der Waals surface area contributed by atoms with E-state index in [2.05, 4.69) is 20.3 Å². The summed E-state index contributed by atoms with van der Waals surface area (Å²) in [6.45, 7) is 9.44. The van der Waals surface area contributed by atoms with Gasteiger partial charge in [0.25, 0.3) is 0 Å². The number of hydrogen-bond acceptors (Lipinski definition) is 5. The van der Waals surface area contributed by atoms with E-state index in [1.165, 1.54) is 0 Å². The Morgan fingerprint density at radius 2 is 2.22 bits per heavy atom. The van der Waals surface area contributed by atoms with Gasteiger partial charge in [-0.15, -0.1) is 0 Å². The van der Waals surface area contributed by atoms with Crippen LogP contribution in [0.1, 0.15) is 32.3 Å². The minimum Gasteiger partial charge on any atom is -0.357 e. The Labute approximate surface area is 138 Å². The summed E-state index contributed by atoms with van der Waals surface area (Å²) in [4.78, 5) is 15.0. The van der Waals surface area contributed by atoms with Gasteiger partial charge in [0, 0.05) is 25.8 Å². The standard InChI is InChI=1S/C15H25N5O2S/c1-5-16-14(18-10-13-6-7-17-12(2)19-13)20-8-9-23(21,22)15(3,4)11-20/h6-7H,5,8-11H2,1-4H3,(H,16,18). The summed E-state index contributed by atoms with van der Waals surface area (Å²) in [6, 6.07) is 1.84. The van der Waals surface area contributed by atoms with Crippen molar-refractivity contribution in [1.82, 2.24) is 20.2 Å². The molecule has 7 nitrogen and oxygen atoms in total. The van der Waals surface area contributed by atoms with E-state index < -0.39 is 14.6 Å². The van der Waals surface area contributed by atoms with E-state index >= 15 is 0 Å². The molecular weight excluding hydrogens is 314 g/mol. The minimum atomic E-state index is -3.06. The van der Waals surface area contributed by atoms with E-state index in [9.17, 15) is 8.42 Å². The van der Waals surface area contributed by atoms with Gasteiger partial charge >= 0.3 is 0 Å². The van der Waals surface area contributed by atoms with E-state index in [-0.39, 0.29) is 5.75 Å². The maximum atomic E-state index is 12.1. The molecule has 0 spiro atoms. The number of aryl methyl sites for hydroxylation is 1. The van der Waals surface area contributed by atoms with Crippen LogP contribution in [-0.2, 0) is 16.4 Å². The maximum absolute atomic E-state index is 12.1. The Balaban J connectivity index is 2.16. The van der Waals surface area contributed by atoms with E-state index in [1.54, 1.807) is 20.0 Å². The second-order valence-electron chi connectivity index (χ2n) is 6.27. The Hall–Kier alpha value is -1.70. The molecule has 0 radical (unpaired) electrons. The fourth-order valence-electron chi connectivity index (χ4n) is 2.50. The van der Waals surface area contributed by atoms with Gasteiger partial charge in [-0.2, -0.15) is 0 Å². The normalized spacial score (nSPS) is 20.3. The first-order valence-electron chi connectivity index (χ1n) is 7.79. The topological polar surface area (TPSA) is 87.6 Å². The van der Waals surface area contributed by atoms with Crippen molar-refractivity contribution < 1.29 is 8.42 Å². The molecule has 0 aromatic carbocycles. The number of aliphatic imine (C=N–C) groups is 1. The maximum Gasteiger partial charge on any atom is 0.194 e. The smallest absolute Gasteiger partial charge is 0.194 e. The van der Waals surface area contributed by atoms with Gasteiger partial charge in [0.2, 0.25) is 0 Å². The van der Waals surface area contributed by atoms with Crippen molar-refractivity contribution in [3.05, 3.63) is 23.8 Å². The highest BCUT2D eigenvalue weighted by Gasteiger charge is 2.40. The highest BCUT2D eigenvalue weighted by molar-refractivity contribution is 7.92. The van der Waals surface area contributed by atoms with Crippen LogP contribution in [0.2, 0.25) is 0 Å². The molecule has 2 heterocycles. The molecule has 0 saturated carbocycles. The molecule has 1 aromatic rings. The predicted molar refractivity (Wildman–Crippen MR) is 91.0 cm³/mol.